The average molecular weight is 150 g/mol. The van der Waals surface area contributed by atoms with Gasteiger partial charge >= 0.3 is 0 Å². The fourth-order valence-corrected chi connectivity index (χ4v) is 1.37. The third-order valence-electron chi connectivity index (χ3n) is 1.79. The predicted octanol–water partition coefficient (Wildman–Crippen LogP) is 1.15. The quantitative estimate of drug-likeness (QED) is 0.608. The molecule has 0 aromatic heterocycles. The van der Waals surface area contributed by atoms with Crippen molar-refractivity contribution in [2.75, 3.05) is 13.7 Å². The van der Waals surface area contributed by atoms with E-state index in [4.69, 9.17) is 16.5 Å². The minimum absolute atomic E-state index is 0.534. The monoisotopic (exact) mass is 149 g/mol. The molecule has 2 nitrogen and oxygen atoms in total. The smallest absolute Gasteiger partial charge is 0.0491 e. The molecule has 1 aliphatic rings. The van der Waals surface area contributed by atoms with Crippen LogP contribution in [0.5, 0.6) is 0 Å². The van der Waals surface area contributed by atoms with E-state index in [9.17, 15) is 0 Å². The van der Waals surface area contributed by atoms with E-state index in [1.165, 1.54) is 0 Å². The number of hydrogen-bond acceptors (Lipinski definition) is 2. The van der Waals surface area contributed by atoms with Crippen molar-refractivity contribution in [1.29, 1.82) is 0 Å². The summed E-state index contributed by atoms with van der Waals surface area (Å²) in [6, 6.07) is 0.534. The molecule has 1 N–H and O–H groups in total. The Morgan fingerprint density at radius 1 is 1.67 bits per heavy atom. The van der Waals surface area contributed by atoms with Crippen molar-refractivity contribution < 1.29 is 4.74 Å². The first-order valence-corrected chi connectivity index (χ1v) is 3.59. The number of ether oxygens (including phenoxy) is 1. The van der Waals surface area contributed by atoms with Crippen molar-refractivity contribution in [3.8, 4) is 0 Å². The van der Waals surface area contributed by atoms with Crippen molar-refractivity contribution >= 4 is 11.8 Å². The molecule has 0 spiro atoms. The largest absolute Gasteiger partial charge is 0.384 e. The van der Waals surface area contributed by atoms with E-state index in [0.29, 0.717) is 6.04 Å². The van der Waals surface area contributed by atoms with Crippen LogP contribution in [0.15, 0.2) is 0 Å². The van der Waals surface area contributed by atoms with Gasteiger partial charge in [-0.3, -0.25) is 0 Å². The van der Waals surface area contributed by atoms with Crippen LogP contribution in [0.4, 0.5) is 0 Å². The zero-order chi connectivity index (χ0) is 6.69. The summed E-state index contributed by atoms with van der Waals surface area (Å²) < 4.78 is 4.97. The maximum Gasteiger partial charge on any atom is 0.0491 e. The highest BCUT2D eigenvalue weighted by atomic mass is 35.5. The third-order valence-corrected chi connectivity index (χ3v) is 2.10. The Kier molecular flexibility index (Phi) is 2.76. The molecule has 1 saturated carbocycles. The molecule has 3 heteroatoms. The second-order valence-electron chi connectivity index (χ2n) is 2.60. The lowest BCUT2D eigenvalue weighted by Crippen LogP contribution is -2.38. The summed E-state index contributed by atoms with van der Waals surface area (Å²) >= 11 is 5.38. The molecule has 0 saturated heterocycles. The molecule has 0 aromatic rings. The molecule has 0 bridgehead atoms. The summed E-state index contributed by atoms with van der Waals surface area (Å²) in [4.78, 5) is 2.71. The highest BCUT2D eigenvalue weighted by molar-refractivity contribution is 6.13. The van der Waals surface area contributed by atoms with Crippen LogP contribution in [-0.4, -0.2) is 19.8 Å². The Hall–Kier alpha value is 0.210. The van der Waals surface area contributed by atoms with E-state index in [1.54, 1.807) is 7.11 Å². The molecule has 54 valence electrons. The van der Waals surface area contributed by atoms with Gasteiger partial charge in [-0.05, 0) is 30.5 Å². The van der Waals surface area contributed by atoms with E-state index in [-0.39, 0.29) is 0 Å². The van der Waals surface area contributed by atoms with Crippen molar-refractivity contribution in [3.63, 3.8) is 0 Å². The van der Waals surface area contributed by atoms with Gasteiger partial charge in [0.25, 0.3) is 0 Å². The standard InChI is InChI=1S/C6H12ClNO/c1-9-4-5-2-6(3-5)8-7/h5-6,8H,2-4H2,1H3/t5-,6+. The molecule has 0 aromatic carbocycles. The molecule has 0 amide bonds. The predicted molar refractivity (Wildman–Crippen MR) is 37.4 cm³/mol. The molecule has 0 radical (unpaired) electrons. The lowest BCUT2D eigenvalue weighted by atomic mass is 9.82. The normalized spacial score (nSPS) is 34.0. The third kappa shape index (κ3) is 1.81. The molecule has 9 heavy (non-hydrogen) atoms. The van der Waals surface area contributed by atoms with Gasteiger partial charge in [-0.25, -0.2) is 4.84 Å². The zero-order valence-corrected chi connectivity index (χ0v) is 6.32. The summed E-state index contributed by atoms with van der Waals surface area (Å²) in [7, 11) is 1.74. The second kappa shape index (κ2) is 3.40. The number of rotatable bonds is 3. The van der Waals surface area contributed by atoms with Crippen molar-refractivity contribution in [3.05, 3.63) is 0 Å². The van der Waals surface area contributed by atoms with Crippen LogP contribution in [-0.2, 0) is 4.74 Å². The molecule has 1 fully saturated rings. The van der Waals surface area contributed by atoms with Crippen LogP contribution in [0.25, 0.3) is 0 Å². The Morgan fingerprint density at radius 2 is 2.33 bits per heavy atom. The lowest BCUT2D eigenvalue weighted by Gasteiger charge is -2.33. The van der Waals surface area contributed by atoms with Gasteiger partial charge in [0.1, 0.15) is 0 Å². The number of halogens is 1. The Bertz CT molecular complexity index is 83.1. The molecule has 0 unspecified atom stereocenters. The average Bonchev–Trinajstić information content (AvgIpc) is 1.77. The van der Waals surface area contributed by atoms with Crippen molar-refractivity contribution in [2.24, 2.45) is 5.92 Å². The molecule has 1 rings (SSSR count). The minimum Gasteiger partial charge on any atom is -0.384 e. The summed E-state index contributed by atoms with van der Waals surface area (Å²) in [6.07, 6.45) is 2.33. The van der Waals surface area contributed by atoms with Crippen molar-refractivity contribution in [1.82, 2.24) is 4.84 Å². The van der Waals surface area contributed by atoms with Crippen LogP contribution in [0.3, 0.4) is 0 Å². The summed E-state index contributed by atoms with van der Waals surface area (Å²) in [5.41, 5.74) is 0. The topological polar surface area (TPSA) is 21.3 Å². The number of methoxy groups -OCH3 is 1. The summed E-state index contributed by atoms with van der Waals surface area (Å²) in [5, 5.41) is 0. The van der Waals surface area contributed by atoms with E-state index >= 15 is 0 Å². The van der Waals surface area contributed by atoms with Gasteiger partial charge in [0.2, 0.25) is 0 Å². The van der Waals surface area contributed by atoms with E-state index < -0.39 is 0 Å². The first-order valence-electron chi connectivity index (χ1n) is 3.22. The van der Waals surface area contributed by atoms with E-state index in [2.05, 4.69) is 4.84 Å². The van der Waals surface area contributed by atoms with Crippen LogP contribution in [0, 0.1) is 5.92 Å². The van der Waals surface area contributed by atoms with Gasteiger partial charge in [-0.15, -0.1) is 0 Å². The first kappa shape index (κ1) is 7.32. The van der Waals surface area contributed by atoms with Gasteiger partial charge in [-0.2, -0.15) is 0 Å². The highest BCUT2D eigenvalue weighted by Crippen LogP contribution is 2.27. The van der Waals surface area contributed by atoms with Gasteiger partial charge in [0.15, 0.2) is 0 Å². The molecule has 0 aliphatic heterocycles. The lowest BCUT2D eigenvalue weighted by molar-refractivity contribution is 0.0953. The maximum absolute atomic E-state index is 5.38. The highest BCUT2D eigenvalue weighted by Gasteiger charge is 2.27. The number of nitrogens with one attached hydrogen (secondary N) is 1. The molecular formula is C6H12ClNO. The van der Waals surface area contributed by atoms with Gasteiger partial charge < -0.3 is 4.74 Å². The molecular weight excluding hydrogens is 138 g/mol. The van der Waals surface area contributed by atoms with Crippen LogP contribution < -0.4 is 4.84 Å². The fourth-order valence-electron chi connectivity index (χ4n) is 1.20. The Balaban J connectivity index is 1.98. The van der Waals surface area contributed by atoms with E-state index in [0.717, 1.165) is 25.4 Å². The molecule has 0 atom stereocenters. The SMILES string of the molecule is COC[C@H]1C[C@@H](NCl)C1. The van der Waals surface area contributed by atoms with Gasteiger partial charge in [0, 0.05) is 19.8 Å². The van der Waals surface area contributed by atoms with Crippen LogP contribution >= 0.6 is 11.8 Å². The fraction of sp³-hybridized carbons (Fsp3) is 1.00. The molecule has 0 heterocycles. The molecule has 1 aliphatic carbocycles. The van der Waals surface area contributed by atoms with Gasteiger partial charge in [-0.1, -0.05) is 0 Å². The zero-order valence-electron chi connectivity index (χ0n) is 5.56. The van der Waals surface area contributed by atoms with Gasteiger partial charge in [0.05, 0.1) is 0 Å². The Labute approximate surface area is 60.6 Å². The Morgan fingerprint density at radius 3 is 2.78 bits per heavy atom. The second-order valence-corrected chi connectivity index (χ2v) is 2.82. The van der Waals surface area contributed by atoms with E-state index in [1.807, 2.05) is 0 Å². The summed E-state index contributed by atoms with van der Waals surface area (Å²) in [5.74, 6) is 0.742. The summed E-state index contributed by atoms with van der Waals surface area (Å²) in [6.45, 7) is 0.884. The van der Waals surface area contributed by atoms with Crippen LogP contribution in [0.2, 0.25) is 0 Å². The first-order chi connectivity index (χ1) is 4.36. The number of hydrogen-bond donors (Lipinski definition) is 1. The van der Waals surface area contributed by atoms with Crippen molar-refractivity contribution in [2.45, 2.75) is 18.9 Å². The maximum atomic E-state index is 5.38. The minimum atomic E-state index is 0.534. The van der Waals surface area contributed by atoms with Crippen LogP contribution in [0.1, 0.15) is 12.8 Å².